The van der Waals surface area contributed by atoms with E-state index in [0.29, 0.717) is 17.4 Å². The summed E-state index contributed by atoms with van der Waals surface area (Å²) in [6.07, 6.45) is 1.77. The lowest BCUT2D eigenvalue weighted by Gasteiger charge is -2.21. The second kappa shape index (κ2) is 4.66. The van der Waals surface area contributed by atoms with Gasteiger partial charge in [-0.2, -0.15) is 5.10 Å². The van der Waals surface area contributed by atoms with Gasteiger partial charge in [-0.25, -0.2) is 0 Å². The Morgan fingerprint density at radius 2 is 2.15 bits per heavy atom. The maximum Gasteiger partial charge on any atom is 0.175 e. The molecule has 1 aromatic rings. The molecule has 7 nitrogen and oxygen atoms in total. The first-order valence-corrected chi connectivity index (χ1v) is 6.97. The fraction of sp³-hybridized carbons (Fsp3) is 0.692. The molecular weight excluding hydrogens is 258 g/mol. The lowest BCUT2D eigenvalue weighted by atomic mass is 10.00. The molecule has 2 heterocycles. The summed E-state index contributed by atoms with van der Waals surface area (Å²) in [5.74, 6) is 1.81. The Labute approximate surface area is 117 Å². The molecule has 1 aliphatic carbocycles. The first kappa shape index (κ1) is 13.2. The molecule has 1 aromatic heterocycles. The average molecular weight is 279 g/mol. The highest BCUT2D eigenvalue weighted by atomic mass is 16.4. The molecule has 7 heteroatoms. The predicted octanol–water partition coefficient (Wildman–Crippen LogP) is 0.0301. The number of aliphatic hydroxyl groups is 1. The summed E-state index contributed by atoms with van der Waals surface area (Å²) < 4.78 is 1.77. The van der Waals surface area contributed by atoms with Gasteiger partial charge < -0.3 is 20.9 Å². The molecule has 0 aromatic carbocycles. The SMILES string of the molecule is Cc1nn(C)c(N2CC3CCC(O)C3C2)c1C(N)=NO. The van der Waals surface area contributed by atoms with E-state index in [1.807, 2.05) is 14.0 Å². The summed E-state index contributed by atoms with van der Waals surface area (Å²) in [6.45, 7) is 3.55. The monoisotopic (exact) mass is 279 g/mol. The molecule has 1 saturated carbocycles. The van der Waals surface area contributed by atoms with E-state index in [-0.39, 0.29) is 11.9 Å². The first-order chi connectivity index (χ1) is 9.52. The van der Waals surface area contributed by atoms with Crippen molar-refractivity contribution >= 4 is 11.7 Å². The Kier molecular flexibility index (Phi) is 3.08. The van der Waals surface area contributed by atoms with Crippen LogP contribution in [0.25, 0.3) is 0 Å². The first-order valence-electron chi connectivity index (χ1n) is 6.97. The number of aryl methyl sites for hydroxylation is 2. The van der Waals surface area contributed by atoms with Crippen LogP contribution in [-0.2, 0) is 7.05 Å². The number of oxime groups is 1. The van der Waals surface area contributed by atoms with Crippen molar-refractivity contribution < 1.29 is 10.3 Å². The predicted molar refractivity (Wildman–Crippen MR) is 74.9 cm³/mol. The van der Waals surface area contributed by atoms with Gasteiger partial charge in [0.2, 0.25) is 0 Å². The molecule has 0 bridgehead atoms. The summed E-state index contributed by atoms with van der Waals surface area (Å²) in [5, 5.41) is 26.5. The van der Waals surface area contributed by atoms with Gasteiger partial charge in [0, 0.05) is 26.1 Å². The van der Waals surface area contributed by atoms with Crippen LogP contribution in [0.2, 0.25) is 0 Å². The van der Waals surface area contributed by atoms with Crippen LogP contribution in [0, 0.1) is 18.8 Å². The van der Waals surface area contributed by atoms with Gasteiger partial charge in [-0.15, -0.1) is 0 Å². The fourth-order valence-electron chi connectivity index (χ4n) is 3.77. The zero-order valence-electron chi connectivity index (χ0n) is 11.8. The summed E-state index contributed by atoms with van der Waals surface area (Å²) >= 11 is 0. The summed E-state index contributed by atoms with van der Waals surface area (Å²) in [4.78, 5) is 2.20. The van der Waals surface area contributed by atoms with Gasteiger partial charge in [-0.05, 0) is 25.7 Å². The quantitative estimate of drug-likeness (QED) is 0.307. The van der Waals surface area contributed by atoms with Crippen LogP contribution in [0.15, 0.2) is 5.16 Å². The minimum absolute atomic E-state index is 0.0863. The molecule has 3 unspecified atom stereocenters. The van der Waals surface area contributed by atoms with Crippen molar-refractivity contribution in [2.45, 2.75) is 25.9 Å². The molecule has 1 aliphatic heterocycles. The average Bonchev–Trinajstić information content (AvgIpc) is 3.04. The van der Waals surface area contributed by atoms with E-state index in [2.05, 4.69) is 15.2 Å². The van der Waals surface area contributed by atoms with Crippen molar-refractivity contribution in [1.82, 2.24) is 9.78 Å². The largest absolute Gasteiger partial charge is 0.409 e. The number of nitrogens with two attached hydrogens (primary N) is 1. The molecule has 2 fully saturated rings. The summed E-state index contributed by atoms with van der Waals surface area (Å²) in [5.41, 5.74) is 7.22. The number of hydrogen-bond acceptors (Lipinski definition) is 5. The number of nitrogens with zero attached hydrogens (tertiary/aromatic N) is 4. The van der Waals surface area contributed by atoms with Gasteiger partial charge in [0.1, 0.15) is 5.82 Å². The maximum absolute atomic E-state index is 10.0. The lowest BCUT2D eigenvalue weighted by molar-refractivity contribution is 0.133. The number of hydrogen-bond donors (Lipinski definition) is 3. The number of rotatable bonds is 2. The Balaban J connectivity index is 1.96. The molecule has 0 radical (unpaired) electrons. The number of aliphatic hydroxyl groups excluding tert-OH is 1. The van der Waals surface area contributed by atoms with Gasteiger partial charge in [-0.3, -0.25) is 4.68 Å². The highest BCUT2D eigenvalue weighted by molar-refractivity contribution is 6.02. The van der Waals surface area contributed by atoms with Crippen molar-refractivity contribution in [1.29, 1.82) is 0 Å². The highest BCUT2D eigenvalue weighted by Crippen LogP contribution is 2.40. The van der Waals surface area contributed by atoms with Crippen LogP contribution in [0.3, 0.4) is 0 Å². The van der Waals surface area contributed by atoms with Crippen molar-refractivity contribution in [2.75, 3.05) is 18.0 Å². The molecule has 0 amide bonds. The van der Waals surface area contributed by atoms with E-state index in [9.17, 15) is 5.11 Å². The van der Waals surface area contributed by atoms with E-state index in [0.717, 1.165) is 37.4 Å². The smallest absolute Gasteiger partial charge is 0.175 e. The maximum atomic E-state index is 10.0. The number of aromatic nitrogens is 2. The van der Waals surface area contributed by atoms with Gasteiger partial charge >= 0.3 is 0 Å². The minimum atomic E-state index is -0.202. The second-order valence-electron chi connectivity index (χ2n) is 5.87. The minimum Gasteiger partial charge on any atom is -0.409 e. The van der Waals surface area contributed by atoms with Crippen molar-refractivity contribution in [3.05, 3.63) is 11.3 Å². The van der Waals surface area contributed by atoms with Crippen molar-refractivity contribution in [2.24, 2.45) is 29.8 Å². The molecular formula is C13H21N5O2. The van der Waals surface area contributed by atoms with E-state index < -0.39 is 0 Å². The Morgan fingerprint density at radius 1 is 1.40 bits per heavy atom. The topological polar surface area (TPSA) is 99.9 Å². The molecule has 3 rings (SSSR count). The molecule has 0 spiro atoms. The van der Waals surface area contributed by atoms with Crippen LogP contribution in [-0.4, -0.2) is 45.1 Å². The lowest BCUT2D eigenvalue weighted by Crippen LogP contribution is -2.28. The number of amidine groups is 1. The number of fused-ring (bicyclic) bond motifs is 1. The van der Waals surface area contributed by atoms with Crippen LogP contribution in [0.4, 0.5) is 5.82 Å². The molecule has 1 saturated heterocycles. The van der Waals surface area contributed by atoms with Crippen LogP contribution in [0.1, 0.15) is 24.1 Å². The van der Waals surface area contributed by atoms with Crippen LogP contribution in [0.5, 0.6) is 0 Å². The Bertz CT molecular complexity index is 553. The van der Waals surface area contributed by atoms with Crippen LogP contribution < -0.4 is 10.6 Å². The normalized spacial score (nSPS) is 30.1. The van der Waals surface area contributed by atoms with Crippen LogP contribution >= 0.6 is 0 Å². The van der Waals surface area contributed by atoms with Gasteiger partial charge in [0.05, 0.1) is 17.4 Å². The molecule has 2 aliphatic rings. The highest BCUT2D eigenvalue weighted by Gasteiger charge is 2.43. The van der Waals surface area contributed by atoms with Gasteiger partial charge in [0.15, 0.2) is 5.84 Å². The molecule has 4 N–H and O–H groups in total. The Hall–Kier alpha value is -1.76. The zero-order valence-corrected chi connectivity index (χ0v) is 11.8. The third-order valence-electron chi connectivity index (χ3n) is 4.67. The standard InChI is InChI=1S/C13H21N5O2/c1-7-11(12(14)16-20)13(17(2)15-7)18-5-8-3-4-10(19)9(8)6-18/h8-10,19-20H,3-6H2,1-2H3,(H2,14,16). The second-order valence-corrected chi connectivity index (χ2v) is 5.87. The van der Waals surface area contributed by atoms with E-state index in [1.165, 1.54) is 0 Å². The third-order valence-corrected chi connectivity index (χ3v) is 4.67. The zero-order chi connectivity index (χ0) is 14.4. The van der Waals surface area contributed by atoms with E-state index in [4.69, 9.17) is 10.9 Å². The molecule has 110 valence electrons. The van der Waals surface area contributed by atoms with Crippen molar-refractivity contribution in [3.63, 3.8) is 0 Å². The van der Waals surface area contributed by atoms with Gasteiger partial charge in [0.25, 0.3) is 0 Å². The Morgan fingerprint density at radius 3 is 2.80 bits per heavy atom. The van der Waals surface area contributed by atoms with E-state index >= 15 is 0 Å². The summed E-state index contributed by atoms with van der Waals surface area (Å²) in [7, 11) is 1.86. The molecule has 3 atom stereocenters. The van der Waals surface area contributed by atoms with Gasteiger partial charge in [-0.1, -0.05) is 5.16 Å². The fourth-order valence-corrected chi connectivity index (χ4v) is 3.77. The van der Waals surface area contributed by atoms with E-state index in [1.54, 1.807) is 4.68 Å². The third kappa shape index (κ3) is 1.84. The van der Waals surface area contributed by atoms with Crippen molar-refractivity contribution in [3.8, 4) is 0 Å². The summed E-state index contributed by atoms with van der Waals surface area (Å²) in [6, 6.07) is 0. The number of anilines is 1. The molecule has 20 heavy (non-hydrogen) atoms.